The Hall–Kier alpha value is -2.08. The van der Waals surface area contributed by atoms with Gasteiger partial charge in [-0.2, -0.15) is 5.10 Å². The van der Waals surface area contributed by atoms with Gasteiger partial charge < -0.3 is 10.6 Å². The van der Waals surface area contributed by atoms with Gasteiger partial charge in [0.05, 0.1) is 17.6 Å². The number of alkyl halides is 1. The number of aromatic amines is 1. The third-order valence-corrected chi connectivity index (χ3v) is 2.76. The van der Waals surface area contributed by atoms with Crippen LogP contribution < -0.4 is 16.2 Å². The molecule has 0 saturated heterocycles. The van der Waals surface area contributed by atoms with Crippen molar-refractivity contribution in [3.8, 4) is 0 Å². The first-order chi connectivity index (χ1) is 9.22. The highest BCUT2D eigenvalue weighted by Crippen LogP contribution is 2.11. The number of carbonyl (C=O) groups is 1. The smallest absolute Gasteiger partial charge is 0.315 e. The zero-order valence-electron chi connectivity index (χ0n) is 10.1. The molecule has 0 aliphatic rings. The lowest BCUT2D eigenvalue weighted by Gasteiger charge is -2.07. The maximum absolute atomic E-state index is 11.6. The highest BCUT2D eigenvalue weighted by molar-refractivity contribution is 6.18. The molecule has 0 saturated carbocycles. The van der Waals surface area contributed by atoms with Crippen molar-refractivity contribution in [2.75, 3.05) is 12.4 Å². The predicted octanol–water partition coefficient (Wildman–Crippen LogP) is 0.961. The van der Waals surface area contributed by atoms with Crippen molar-refractivity contribution >= 4 is 28.4 Å². The van der Waals surface area contributed by atoms with Gasteiger partial charge in [0.1, 0.15) is 0 Å². The number of amides is 2. The number of rotatable bonds is 4. The van der Waals surface area contributed by atoms with E-state index in [4.69, 9.17) is 11.6 Å². The highest BCUT2D eigenvalue weighted by atomic mass is 35.5. The van der Waals surface area contributed by atoms with E-state index in [1.54, 1.807) is 18.2 Å². The number of benzene rings is 1. The molecule has 19 heavy (non-hydrogen) atoms. The maximum atomic E-state index is 11.6. The van der Waals surface area contributed by atoms with E-state index >= 15 is 0 Å². The molecule has 2 aromatic rings. The Morgan fingerprint density at radius 2 is 2.00 bits per heavy atom. The van der Waals surface area contributed by atoms with Crippen LogP contribution in [0.4, 0.5) is 4.79 Å². The number of halogens is 1. The van der Waals surface area contributed by atoms with E-state index < -0.39 is 0 Å². The monoisotopic (exact) mass is 280 g/mol. The molecule has 0 fully saturated rings. The van der Waals surface area contributed by atoms with Gasteiger partial charge in [-0.25, -0.2) is 9.89 Å². The quantitative estimate of drug-likeness (QED) is 0.729. The van der Waals surface area contributed by atoms with Gasteiger partial charge in [0.2, 0.25) is 0 Å². The van der Waals surface area contributed by atoms with Crippen molar-refractivity contribution < 1.29 is 4.79 Å². The number of aromatic nitrogens is 2. The van der Waals surface area contributed by atoms with E-state index in [-0.39, 0.29) is 18.1 Å². The Kier molecular flexibility index (Phi) is 4.35. The summed E-state index contributed by atoms with van der Waals surface area (Å²) in [6.07, 6.45) is 0. The molecule has 0 aliphatic heterocycles. The molecule has 7 heteroatoms. The van der Waals surface area contributed by atoms with E-state index in [1.165, 1.54) is 0 Å². The first kappa shape index (κ1) is 13.4. The van der Waals surface area contributed by atoms with Gasteiger partial charge in [-0.1, -0.05) is 18.2 Å². The zero-order chi connectivity index (χ0) is 13.7. The average molecular weight is 281 g/mol. The molecule has 1 aromatic heterocycles. The number of H-pyrrole nitrogens is 1. The predicted molar refractivity (Wildman–Crippen MR) is 73.3 cm³/mol. The van der Waals surface area contributed by atoms with Crippen molar-refractivity contribution in [1.82, 2.24) is 20.8 Å². The SMILES string of the molecule is O=C(NCCCl)NCc1n[nH]c(=O)c2ccccc12. The molecule has 0 radical (unpaired) electrons. The Balaban J connectivity index is 2.15. The van der Waals surface area contributed by atoms with Gasteiger partial charge in [-0.3, -0.25) is 4.79 Å². The lowest BCUT2D eigenvalue weighted by Crippen LogP contribution is -2.36. The fourth-order valence-corrected chi connectivity index (χ4v) is 1.79. The van der Waals surface area contributed by atoms with Gasteiger partial charge in [0.15, 0.2) is 0 Å². The summed E-state index contributed by atoms with van der Waals surface area (Å²) >= 11 is 5.46. The summed E-state index contributed by atoms with van der Waals surface area (Å²) < 4.78 is 0. The van der Waals surface area contributed by atoms with Crippen LogP contribution in [0.2, 0.25) is 0 Å². The fourth-order valence-electron chi connectivity index (χ4n) is 1.69. The first-order valence-electron chi connectivity index (χ1n) is 5.76. The number of hydrogen-bond acceptors (Lipinski definition) is 3. The largest absolute Gasteiger partial charge is 0.337 e. The van der Waals surface area contributed by atoms with Gasteiger partial charge in [-0.05, 0) is 6.07 Å². The van der Waals surface area contributed by atoms with Crippen LogP contribution in [-0.2, 0) is 6.54 Å². The molecule has 2 rings (SSSR count). The molecule has 6 nitrogen and oxygen atoms in total. The summed E-state index contributed by atoms with van der Waals surface area (Å²) in [7, 11) is 0. The molecular formula is C12H13ClN4O2. The average Bonchev–Trinajstić information content (AvgIpc) is 2.45. The number of nitrogens with one attached hydrogen (secondary N) is 3. The van der Waals surface area contributed by atoms with Crippen LogP contribution in [0.3, 0.4) is 0 Å². The normalized spacial score (nSPS) is 10.4. The number of fused-ring (bicyclic) bond motifs is 1. The minimum atomic E-state index is -0.322. The van der Waals surface area contributed by atoms with Gasteiger partial charge >= 0.3 is 6.03 Å². The summed E-state index contributed by atoms with van der Waals surface area (Å²) in [5.74, 6) is 0.354. The first-order valence-corrected chi connectivity index (χ1v) is 6.30. The van der Waals surface area contributed by atoms with Crippen LogP contribution in [-0.4, -0.2) is 28.7 Å². The van der Waals surface area contributed by atoms with Gasteiger partial charge in [-0.15, -0.1) is 11.6 Å². The molecular weight excluding hydrogens is 268 g/mol. The van der Waals surface area contributed by atoms with Crippen molar-refractivity contribution in [2.45, 2.75) is 6.54 Å². The van der Waals surface area contributed by atoms with Crippen molar-refractivity contribution in [3.05, 3.63) is 40.3 Å². The van der Waals surface area contributed by atoms with Crippen molar-refractivity contribution in [1.29, 1.82) is 0 Å². The zero-order valence-corrected chi connectivity index (χ0v) is 10.8. The van der Waals surface area contributed by atoms with Crippen molar-refractivity contribution in [3.63, 3.8) is 0 Å². The molecule has 3 N–H and O–H groups in total. The van der Waals surface area contributed by atoms with Gasteiger partial charge in [0, 0.05) is 17.8 Å². The summed E-state index contributed by atoms with van der Waals surface area (Å²) in [5, 5.41) is 12.9. The van der Waals surface area contributed by atoms with Crippen LogP contribution in [0.1, 0.15) is 5.69 Å². The molecule has 0 aliphatic carbocycles. The lowest BCUT2D eigenvalue weighted by molar-refractivity contribution is 0.241. The molecule has 2 amide bonds. The van der Waals surface area contributed by atoms with Gasteiger partial charge in [0.25, 0.3) is 5.56 Å². The fraction of sp³-hybridized carbons (Fsp3) is 0.250. The summed E-state index contributed by atoms with van der Waals surface area (Å²) in [4.78, 5) is 23.0. The molecule has 0 atom stereocenters. The molecule has 0 spiro atoms. The number of hydrogen-bond donors (Lipinski definition) is 3. The molecule has 0 unspecified atom stereocenters. The van der Waals surface area contributed by atoms with Crippen LogP contribution in [0.5, 0.6) is 0 Å². The summed E-state index contributed by atoms with van der Waals surface area (Å²) in [5.41, 5.74) is 0.363. The highest BCUT2D eigenvalue weighted by Gasteiger charge is 2.07. The second kappa shape index (κ2) is 6.19. The van der Waals surface area contributed by atoms with Crippen LogP contribution >= 0.6 is 11.6 Å². The second-order valence-electron chi connectivity index (χ2n) is 3.84. The van der Waals surface area contributed by atoms with Crippen LogP contribution in [0.25, 0.3) is 10.8 Å². The van der Waals surface area contributed by atoms with E-state index in [0.29, 0.717) is 23.5 Å². The molecule has 1 aromatic carbocycles. The molecule has 1 heterocycles. The van der Waals surface area contributed by atoms with E-state index in [0.717, 1.165) is 5.39 Å². The number of carbonyl (C=O) groups excluding carboxylic acids is 1. The van der Waals surface area contributed by atoms with Crippen LogP contribution in [0.15, 0.2) is 29.1 Å². The third kappa shape index (κ3) is 3.23. The second-order valence-corrected chi connectivity index (χ2v) is 4.22. The maximum Gasteiger partial charge on any atom is 0.315 e. The molecule has 100 valence electrons. The number of nitrogens with zero attached hydrogens (tertiary/aromatic N) is 1. The summed E-state index contributed by atoms with van der Waals surface area (Å²) in [6, 6.07) is 6.79. The Morgan fingerprint density at radius 3 is 2.74 bits per heavy atom. The van der Waals surface area contributed by atoms with E-state index in [1.807, 2.05) is 6.07 Å². The standard InChI is InChI=1S/C12H13ClN4O2/c13-5-6-14-12(19)15-7-10-8-3-1-2-4-9(8)11(18)17-16-10/h1-4H,5-7H2,(H,17,18)(H2,14,15,19). The van der Waals surface area contributed by atoms with Crippen molar-refractivity contribution in [2.24, 2.45) is 0 Å². The minimum Gasteiger partial charge on any atom is -0.337 e. The lowest BCUT2D eigenvalue weighted by atomic mass is 10.1. The Labute approximate surface area is 114 Å². The topological polar surface area (TPSA) is 86.9 Å². The van der Waals surface area contributed by atoms with E-state index in [9.17, 15) is 9.59 Å². The summed E-state index contributed by atoms with van der Waals surface area (Å²) in [6.45, 7) is 0.624. The Morgan fingerprint density at radius 1 is 1.26 bits per heavy atom. The minimum absolute atomic E-state index is 0.228. The Bertz CT molecular complexity index is 641. The van der Waals surface area contributed by atoms with Crippen LogP contribution in [0, 0.1) is 0 Å². The molecule has 0 bridgehead atoms. The van der Waals surface area contributed by atoms with E-state index in [2.05, 4.69) is 20.8 Å². The number of urea groups is 1. The third-order valence-electron chi connectivity index (χ3n) is 2.57.